The zero-order valence-electron chi connectivity index (χ0n) is 17.0. The number of amides is 2. The SMILES string of the molecule is Cc1cccc(-n2ccnc2SCC(=O)Nc2ccc(C(=O)NC3CC3)cc2)c1C. The Morgan fingerprint density at radius 2 is 1.90 bits per heavy atom. The molecular weight excluding hydrogens is 396 g/mol. The van der Waals surface area contributed by atoms with Crippen LogP contribution in [0.4, 0.5) is 5.69 Å². The highest BCUT2D eigenvalue weighted by molar-refractivity contribution is 7.99. The molecule has 3 aromatic rings. The van der Waals surface area contributed by atoms with Crippen molar-refractivity contribution < 1.29 is 9.59 Å². The molecule has 1 saturated carbocycles. The van der Waals surface area contributed by atoms with Crippen molar-refractivity contribution >= 4 is 29.3 Å². The van der Waals surface area contributed by atoms with Crippen molar-refractivity contribution in [3.63, 3.8) is 0 Å². The van der Waals surface area contributed by atoms with Crippen LogP contribution < -0.4 is 10.6 Å². The predicted molar refractivity (Wildman–Crippen MR) is 119 cm³/mol. The first-order valence-corrected chi connectivity index (χ1v) is 10.9. The molecule has 1 heterocycles. The first kappa shape index (κ1) is 20.2. The number of aryl methyl sites for hydroxylation is 1. The second-order valence-corrected chi connectivity index (χ2v) is 8.40. The molecule has 0 bridgehead atoms. The third-order valence-electron chi connectivity index (χ3n) is 5.12. The summed E-state index contributed by atoms with van der Waals surface area (Å²) in [6.45, 7) is 4.16. The highest BCUT2D eigenvalue weighted by Gasteiger charge is 2.23. The van der Waals surface area contributed by atoms with Crippen LogP contribution in [0.25, 0.3) is 5.69 Å². The van der Waals surface area contributed by atoms with E-state index in [-0.39, 0.29) is 17.6 Å². The van der Waals surface area contributed by atoms with Crippen LogP contribution in [0.1, 0.15) is 34.3 Å². The molecule has 30 heavy (non-hydrogen) atoms. The highest BCUT2D eigenvalue weighted by Crippen LogP contribution is 2.24. The number of hydrogen-bond acceptors (Lipinski definition) is 4. The summed E-state index contributed by atoms with van der Waals surface area (Å²) >= 11 is 1.39. The quantitative estimate of drug-likeness (QED) is 0.564. The monoisotopic (exact) mass is 420 g/mol. The Bertz CT molecular complexity index is 1070. The second-order valence-electron chi connectivity index (χ2n) is 7.46. The average molecular weight is 421 g/mol. The van der Waals surface area contributed by atoms with Crippen LogP contribution in [-0.2, 0) is 4.79 Å². The summed E-state index contributed by atoms with van der Waals surface area (Å²) in [4.78, 5) is 28.8. The topological polar surface area (TPSA) is 76.0 Å². The van der Waals surface area contributed by atoms with Crippen molar-refractivity contribution in [1.82, 2.24) is 14.9 Å². The maximum atomic E-state index is 12.4. The minimum absolute atomic E-state index is 0.0655. The van der Waals surface area contributed by atoms with E-state index in [1.165, 1.54) is 22.9 Å². The molecule has 0 unspecified atom stereocenters. The molecule has 1 aliphatic carbocycles. The third-order valence-corrected chi connectivity index (χ3v) is 6.08. The smallest absolute Gasteiger partial charge is 0.251 e. The maximum absolute atomic E-state index is 12.4. The normalized spacial score (nSPS) is 13.1. The first-order chi connectivity index (χ1) is 14.5. The molecule has 4 rings (SSSR count). The lowest BCUT2D eigenvalue weighted by Gasteiger charge is -2.12. The van der Waals surface area contributed by atoms with Crippen molar-refractivity contribution in [2.24, 2.45) is 0 Å². The molecular formula is C23H24N4O2S. The summed E-state index contributed by atoms with van der Waals surface area (Å²) in [6, 6.07) is 13.4. The summed E-state index contributed by atoms with van der Waals surface area (Å²) in [7, 11) is 0. The summed E-state index contributed by atoms with van der Waals surface area (Å²) in [6.07, 6.45) is 5.76. The van der Waals surface area contributed by atoms with Gasteiger partial charge in [0.15, 0.2) is 5.16 Å². The largest absolute Gasteiger partial charge is 0.349 e. The number of anilines is 1. The van der Waals surface area contributed by atoms with Gasteiger partial charge in [-0.3, -0.25) is 14.2 Å². The number of thioether (sulfide) groups is 1. The van der Waals surface area contributed by atoms with Crippen LogP contribution >= 0.6 is 11.8 Å². The zero-order valence-corrected chi connectivity index (χ0v) is 17.8. The number of carbonyl (C=O) groups is 2. The van der Waals surface area contributed by atoms with Gasteiger partial charge < -0.3 is 10.6 Å². The minimum Gasteiger partial charge on any atom is -0.349 e. The standard InChI is InChI=1S/C23H24N4O2S/c1-15-4-3-5-20(16(15)2)27-13-12-24-23(27)30-14-21(28)25-18-8-6-17(7-9-18)22(29)26-19-10-11-19/h3-9,12-13,19H,10-11,14H2,1-2H3,(H,25,28)(H,26,29). The molecule has 0 aliphatic heterocycles. The zero-order chi connectivity index (χ0) is 21.1. The van der Waals surface area contributed by atoms with E-state index in [1.807, 2.05) is 16.8 Å². The van der Waals surface area contributed by atoms with Crippen molar-refractivity contribution in [3.8, 4) is 5.69 Å². The van der Waals surface area contributed by atoms with Crippen LogP contribution in [0.5, 0.6) is 0 Å². The van der Waals surface area contributed by atoms with E-state index in [0.29, 0.717) is 17.3 Å². The molecule has 6 nitrogen and oxygen atoms in total. The van der Waals surface area contributed by atoms with Crippen molar-refractivity contribution in [1.29, 1.82) is 0 Å². The lowest BCUT2D eigenvalue weighted by Crippen LogP contribution is -2.25. The van der Waals surface area contributed by atoms with Gasteiger partial charge in [-0.1, -0.05) is 23.9 Å². The summed E-state index contributed by atoms with van der Waals surface area (Å²) in [5, 5.41) is 6.60. The molecule has 1 aromatic heterocycles. The molecule has 7 heteroatoms. The van der Waals surface area contributed by atoms with Crippen LogP contribution in [0.2, 0.25) is 0 Å². The third kappa shape index (κ3) is 4.74. The number of carbonyl (C=O) groups excluding carboxylic acids is 2. The fourth-order valence-electron chi connectivity index (χ4n) is 3.10. The summed E-state index contributed by atoms with van der Waals surface area (Å²) in [5.41, 5.74) is 4.73. The van der Waals surface area contributed by atoms with E-state index in [1.54, 1.807) is 30.5 Å². The molecule has 154 valence electrons. The van der Waals surface area contributed by atoms with Gasteiger partial charge in [0.25, 0.3) is 5.91 Å². The van der Waals surface area contributed by atoms with E-state index >= 15 is 0 Å². The van der Waals surface area contributed by atoms with Crippen molar-refractivity contribution in [3.05, 3.63) is 71.5 Å². The van der Waals surface area contributed by atoms with E-state index in [0.717, 1.165) is 23.7 Å². The number of hydrogen-bond donors (Lipinski definition) is 2. The Hall–Kier alpha value is -3.06. The minimum atomic E-state index is -0.120. The Morgan fingerprint density at radius 3 is 2.63 bits per heavy atom. The predicted octanol–water partition coefficient (Wildman–Crippen LogP) is 4.11. The number of nitrogens with zero attached hydrogens (tertiary/aromatic N) is 2. The average Bonchev–Trinajstić information content (AvgIpc) is 3.43. The molecule has 1 aliphatic rings. The van der Waals surface area contributed by atoms with Crippen molar-refractivity contribution in [2.45, 2.75) is 37.9 Å². The van der Waals surface area contributed by atoms with Gasteiger partial charge in [-0.25, -0.2) is 4.98 Å². The number of rotatable bonds is 7. The molecule has 0 spiro atoms. The lowest BCUT2D eigenvalue weighted by molar-refractivity contribution is -0.113. The van der Waals surface area contributed by atoms with E-state index < -0.39 is 0 Å². The Kier molecular flexibility index (Phi) is 5.90. The van der Waals surface area contributed by atoms with Crippen LogP contribution in [0.3, 0.4) is 0 Å². The molecule has 0 radical (unpaired) electrons. The van der Waals surface area contributed by atoms with Crippen LogP contribution in [0.15, 0.2) is 60.0 Å². The summed E-state index contributed by atoms with van der Waals surface area (Å²) < 4.78 is 2.01. The molecule has 2 N–H and O–H groups in total. The Morgan fingerprint density at radius 1 is 1.13 bits per heavy atom. The van der Waals surface area contributed by atoms with Gasteiger partial charge in [0.2, 0.25) is 5.91 Å². The van der Waals surface area contributed by atoms with Gasteiger partial charge in [-0.2, -0.15) is 0 Å². The molecule has 0 atom stereocenters. The second kappa shape index (κ2) is 8.75. The summed E-state index contributed by atoms with van der Waals surface area (Å²) in [5.74, 6) is 0.0566. The van der Waals surface area contributed by atoms with Gasteiger partial charge in [0, 0.05) is 29.7 Å². The highest BCUT2D eigenvalue weighted by atomic mass is 32.2. The number of imidazole rings is 1. The maximum Gasteiger partial charge on any atom is 0.251 e. The van der Waals surface area contributed by atoms with Gasteiger partial charge in [0.1, 0.15) is 0 Å². The fourth-order valence-corrected chi connectivity index (χ4v) is 3.87. The fraction of sp³-hybridized carbons (Fsp3) is 0.261. The Labute approximate surface area is 180 Å². The van der Waals surface area contributed by atoms with Gasteiger partial charge in [0.05, 0.1) is 11.4 Å². The van der Waals surface area contributed by atoms with E-state index in [2.05, 4.69) is 41.6 Å². The van der Waals surface area contributed by atoms with Crippen molar-refractivity contribution in [2.75, 3.05) is 11.1 Å². The van der Waals surface area contributed by atoms with Crippen LogP contribution in [0, 0.1) is 13.8 Å². The van der Waals surface area contributed by atoms with Crippen LogP contribution in [-0.4, -0.2) is 33.2 Å². The molecule has 2 aromatic carbocycles. The number of benzene rings is 2. The molecule has 1 fully saturated rings. The number of aromatic nitrogens is 2. The Balaban J connectivity index is 1.35. The molecule has 0 saturated heterocycles. The van der Waals surface area contributed by atoms with E-state index in [9.17, 15) is 9.59 Å². The van der Waals surface area contributed by atoms with Gasteiger partial charge in [-0.15, -0.1) is 0 Å². The first-order valence-electron chi connectivity index (χ1n) is 9.95. The lowest BCUT2D eigenvalue weighted by atomic mass is 10.1. The van der Waals surface area contributed by atoms with E-state index in [4.69, 9.17) is 0 Å². The van der Waals surface area contributed by atoms with Gasteiger partial charge >= 0.3 is 0 Å². The molecule has 2 amide bonds. The number of nitrogens with one attached hydrogen (secondary N) is 2. The van der Waals surface area contributed by atoms with Gasteiger partial charge in [-0.05, 0) is 68.1 Å².